The van der Waals surface area contributed by atoms with Crippen molar-refractivity contribution in [2.24, 2.45) is 0 Å². The average molecular weight is 247 g/mol. The van der Waals surface area contributed by atoms with Crippen LogP contribution in [0.5, 0.6) is 0 Å². The zero-order valence-corrected chi connectivity index (χ0v) is 11.1. The van der Waals surface area contributed by atoms with Crippen LogP contribution < -0.4 is 5.32 Å². The smallest absolute Gasteiger partial charge is 0.253 e. The average Bonchev–Trinajstić information content (AvgIpc) is 2.39. The van der Waals surface area contributed by atoms with E-state index in [2.05, 4.69) is 22.1 Å². The summed E-state index contributed by atoms with van der Waals surface area (Å²) in [4.78, 5) is 18.6. The Labute approximate surface area is 108 Å². The summed E-state index contributed by atoms with van der Waals surface area (Å²) in [6, 6.07) is 3.97. The summed E-state index contributed by atoms with van der Waals surface area (Å²) in [7, 11) is 0. The van der Waals surface area contributed by atoms with Gasteiger partial charge < -0.3 is 10.2 Å². The van der Waals surface area contributed by atoms with Gasteiger partial charge in [0, 0.05) is 24.5 Å². The molecule has 0 saturated carbocycles. The van der Waals surface area contributed by atoms with Crippen molar-refractivity contribution in [1.29, 1.82) is 0 Å². The molecule has 2 rings (SSSR count). The number of hydrogen-bond acceptors (Lipinski definition) is 3. The van der Waals surface area contributed by atoms with E-state index in [1.54, 1.807) is 6.20 Å². The first kappa shape index (κ1) is 13.0. The second-order valence-electron chi connectivity index (χ2n) is 4.89. The molecular weight excluding hydrogens is 226 g/mol. The minimum atomic E-state index is -0.00884. The Morgan fingerprint density at radius 2 is 2.39 bits per heavy atom. The molecule has 0 aliphatic carbocycles. The van der Waals surface area contributed by atoms with Crippen molar-refractivity contribution < 1.29 is 4.79 Å². The maximum absolute atomic E-state index is 12.0. The standard InChI is InChI=1S/C14H21N3O/c1-3-17-8-4-5-13(10-17)16-14(18)12-7-6-11(2)15-9-12/h6-7,9,13H,3-5,8,10H2,1-2H3,(H,16,18). The molecule has 18 heavy (non-hydrogen) atoms. The van der Waals surface area contributed by atoms with Crippen molar-refractivity contribution in [1.82, 2.24) is 15.2 Å². The first-order valence-corrected chi connectivity index (χ1v) is 6.65. The third-order valence-electron chi connectivity index (χ3n) is 3.46. The summed E-state index contributed by atoms with van der Waals surface area (Å²) in [5.74, 6) is -0.00884. The molecule has 1 N–H and O–H groups in total. The van der Waals surface area contributed by atoms with Gasteiger partial charge in [0.25, 0.3) is 5.91 Å². The summed E-state index contributed by atoms with van der Waals surface area (Å²) in [5.41, 5.74) is 1.58. The third-order valence-corrected chi connectivity index (χ3v) is 3.46. The summed E-state index contributed by atoms with van der Waals surface area (Å²) in [6.45, 7) is 7.24. The van der Waals surface area contributed by atoms with E-state index in [4.69, 9.17) is 0 Å². The first-order chi connectivity index (χ1) is 8.69. The van der Waals surface area contributed by atoms with E-state index in [1.165, 1.54) is 0 Å². The molecule has 1 unspecified atom stereocenters. The Kier molecular flexibility index (Phi) is 4.31. The van der Waals surface area contributed by atoms with Crippen LogP contribution in [0.2, 0.25) is 0 Å². The monoisotopic (exact) mass is 247 g/mol. The Hall–Kier alpha value is -1.42. The Bertz CT molecular complexity index is 402. The topological polar surface area (TPSA) is 45.2 Å². The lowest BCUT2D eigenvalue weighted by Gasteiger charge is -2.32. The van der Waals surface area contributed by atoms with Crippen molar-refractivity contribution in [2.45, 2.75) is 32.7 Å². The second kappa shape index (κ2) is 5.96. The van der Waals surface area contributed by atoms with Crippen LogP contribution in [-0.2, 0) is 0 Å². The molecule has 0 radical (unpaired) electrons. The van der Waals surface area contributed by atoms with E-state index in [9.17, 15) is 4.79 Å². The van der Waals surface area contributed by atoms with Gasteiger partial charge in [0.1, 0.15) is 0 Å². The number of likely N-dealkylation sites (N-methyl/N-ethyl adjacent to an activating group) is 1. The van der Waals surface area contributed by atoms with Crippen molar-refractivity contribution in [3.05, 3.63) is 29.6 Å². The number of pyridine rings is 1. The van der Waals surface area contributed by atoms with Crippen LogP contribution in [0.3, 0.4) is 0 Å². The fourth-order valence-corrected chi connectivity index (χ4v) is 2.33. The summed E-state index contributed by atoms with van der Waals surface area (Å²) in [6.07, 6.45) is 3.87. The SMILES string of the molecule is CCN1CCCC(NC(=O)c2ccc(C)nc2)C1. The van der Waals surface area contributed by atoms with E-state index >= 15 is 0 Å². The molecule has 98 valence electrons. The van der Waals surface area contributed by atoms with Gasteiger partial charge in [-0.15, -0.1) is 0 Å². The number of aromatic nitrogens is 1. The highest BCUT2D eigenvalue weighted by Gasteiger charge is 2.20. The number of carbonyl (C=O) groups is 1. The van der Waals surface area contributed by atoms with Gasteiger partial charge in [-0.3, -0.25) is 9.78 Å². The lowest BCUT2D eigenvalue weighted by molar-refractivity contribution is 0.0905. The second-order valence-corrected chi connectivity index (χ2v) is 4.89. The molecule has 0 bridgehead atoms. The Morgan fingerprint density at radius 1 is 1.56 bits per heavy atom. The van der Waals surface area contributed by atoms with Crippen molar-refractivity contribution in [2.75, 3.05) is 19.6 Å². The normalized spacial score (nSPS) is 20.7. The highest BCUT2D eigenvalue weighted by Crippen LogP contribution is 2.10. The molecule has 4 heteroatoms. The largest absolute Gasteiger partial charge is 0.348 e. The van der Waals surface area contributed by atoms with Gasteiger partial charge in [-0.05, 0) is 45.0 Å². The van der Waals surface area contributed by atoms with E-state index in [0.29, 0.717) is 5.56 Å². The zero-order valence-electron chi connectivity index (χ0n) is 11.1. The van der Waals surface area contributed by atoms with Crippen LogP contribution in [0.4, 0.5) is 0 Å². The predicted molar refractivity (Wildman–Crippen MR) is 71.6 cm³/mol. The van der Waals surface area contributed by atoms with E-state index in [-0.39, 0.29) is 11.9 Å². The van der Waals surface area contributed by atoms with Gasteiger partial charge in [-0.1, -0.05) is 6.92 Å². The summed E-state index contributed by atoms with van der Waals surface area (Å²) < 4.78 is 0. The zero-order chi connectivity index (χ0) is 13.0. The molecule has 4 nitrogen and oxygen atoms in total. The minimum absolute atomic E-state index is 0.00884. The third kappa shape index (κ3) is 3.29. The van der Waals surface area contributed by atoms with Gasteiger partial charge in [0.2, 0.25) is 0 Å². The highest BCUT2D eigenvalue weighted by molar-refractivity contribution is 5.94. The fourth-order valence-electron chi connectivity index (χ4n) is 2.33. The molecule has 0 spiro atoms. The van der Waals surface area contributed by atoms with Crippen LogP contribution in [-0.4, -0.2) is 41.5 Å². The van der Waals surface area contributed by atoms with E-state index < -0.39 is 0 Å². The number of nitrogens with one attached hydrogen (secondary N) is 1. The molecule has 1 atom stereocenters. The van der Waals surface area contributed by atoms with Gasteiger partial charge in [-0.25, -0.2) is 0 Å². The van der Waals surface area contributed by atoms with E-state index in [0.717, 1.165) is 38.2 Å². The quantitative estimate of drug-likeness (QED) is 0.882. The van der Waals surface area contributed by atoms with Gasteiger partial charge >= 0.3 is 0 Å². The first-order valence-electron chi connectivity index (χ1n) is 6.65. The maximum atomic E-state index is 12.0. The fraction of sp³-hybridized carbons (Fsp3) is 0.571. The van der Waals surface area contributed by atoms with Gasteiger partial charge in [0.15, 0.2) is 0 Å². The maximum Gasteiger partial charge on any atom is 0.253 e. The number of carbonyl (C=O) groups excluding carboxylic acids is 1. The lowest BCUT2D eigenvalue weighted by atomic mass is 10.1. The molecule has 1 aliphatic heterocycles. The molecule has 1 amide bonds. The van der Waals surface area contributed by atoms with Crippen molar-refractivity contribution in [3.63, 3.8) is 0 Å². The van der Waals surface area contributed by atoms with Gasteiger partial charge in [0.05, 0.1) is 5.56 Å². The van der Waals surface area contributed by atoms with Crippen LogP contribution in [0.25, 0.3) is 0 Å². The molecule has 1 fully saturated rings. The summed E-state index contributed by atoms with van der Waals surface area (Å²) in [5, 5.41) is 3.10. The molecule has 1 saturated heterocycles. The Morgan fingerprint density at radius 3 is 3.06 bits per heavy atom. The van der Waals surface area contributed by atoms with Crippen LogP contribution in [0.15, 0.2) is 18.3 Å². The summed E-state index contributed by atoms with van der Waals surface area (Å²) >= 11 is 0. The lowest BCUT2D eigenvalue weighted by Crippen LogP contribution is -2.47. The van der Waals surface area contributed by atoms with Crippen LogP contribution in [0, 0.1) is 6.92 Å². The minimum Gasteiger partial charge on any atom is -0.348 e. The number of hydrogen-bond donors (Lipinski definition) is 1. The highest BCUT2D eigenvalue weighted by atomic mass is 16.1. The van der Waals surface area contributed by atoms with Crippen molar-refractivity contribution in [3.8, 4) is 0 Å². The molecule has 1 aliphatic rings. The number of amides is 1. The number of nitrogens with zero attached hydrogens (tertiary/aromatic N) is 2. The van der Waals surface area contributed by atoms with Crippen LogP contribution in [0.1, 0.15) is 35.8 Å². The molecule has 0 aromatic carbocycles. The predicted octanol–water partition coefficient (Wildman–Crippen LogP) is 1.60. The molecule has 1 aromatic heterocycles. The van der Waals surface area contributed by atoms with Gasteiger partial charge in [-0.2, -0.15) is 0 Å². The molecule has 1 aromatic rings. The van der Waals surface area contributed by atoms with E-state index in [1.807, 2.05) is 19.1 Å². The van der Waals surface area contributed by atoms with Crippen molar-refractivity contribution >= 4 is 5.91 Å². The Balaban J connectivity index is 1.92. The number of aryl methyl sites for hydroxylation is 1. The molecule has 2 heterocycles. The number of rotatable bonds is 3. The number of likely N-dealkylation sites (tertiary alicyclic amines) is 1. The van der Waals surface area contributed by atoms with Crippen LogP contribution >= 0.6 is 0 Å². The molecular formula is C14H21N3O. The number of piperidine rings is 1.